The number of amides is 1. The van der Waals surface area contributed by atoms with E-state index in [-0.39, 0.29) is 28.9 Å². The number of aryl methyl sites for hydroxylation is 1. The van der Waals surface area contributed by atoms with Crippen molar-refractivity contribution in [3.8, 4) is 0 Å². The van der Waals surface area contributed by atoms with Crippen LogP contribution in [0.1, 0.15) is 34.7 Å². The summed E-state index contributed by atoms with van der Waals surface area (Å²) in [5.41, 5.74) is 3.31. The van der Waals surface area contributed by atoms with Crippen LogP contribution in [0.15, 0.2) is 59.0 Å². The number of hydrogen-bond acceptors (Lipinski definition) is 5. The van der Waals surface area contributed by atoms with Gasteiger partial charge in [-0.15, -0.1) is 11.3 Å². The number of halogens is 2. The van der Waals surface area contributed by atoms with Gasteiger partial charge in [-0.3, -0.25) is 9.59 Å². The standard InChI is InChI=1S/C25H22F2N4O2S/c1-30-13-19(24(32)31-10-8-16(9-11-31)15-2-4-17(26)5-3-15)23(22(27)25(30)33)29-18-6-7-20-21(12-18)34-14-28-20/h2-7,12-14,16,29H,8-11H2,1H3. The quantitative estimate of drug-likeness (QED) is 0.445. The molecular weight excluding hydrogens is 458 g/mol. The summed E-state index contributed by atoms with van der Waals surface area (Å²) >= 11 is 1.45. The van der Waals surface area contributed by atoms with Crippen LogP contribution in [0.5, 0.6) is 0 Å². The van der Waals surface area contributed by atoms with Gasteiger partial charge in [0.2, 0.25) is 5.82 Å². The van der Waals surface area contributed by atoms with Gasteiger partial charge in [-0.2, -0.15) is 4.39 Å². The lowest BCUT2D eigenvalue weighted by molar-refractivity contribution is 0.0712. The fraction of sp³-hybridized carbons (Fsp3) is 0.240. The number of benzene rings is 2. The second-order valence-electron chi connectivity index (χ2n) is 8.43. The number of rotatable bonds is 4. The summed E-state index contributed by atoms with van der Waals surface area (Å²) in [5.74, 6) is -1.39. The number of hydrogen-bond donors (Lipinski definition) is 1. The molecule has 0 saturated carbocycles. The molecule has 4 aromatic rings. The number of carbonyl (C=O) groups excluding carboxylic acids is 1. The van der Waals surface area contributed by atoms with Crippen molar-refractivity contribution in [3.63, 3.8) is 0 Å². The van der Waals surface area contributed by atoms with Gasteiger partial charge in [-0.1, -0.05) is 12.1 Å². The van der Waals surface area contributed by atoms with E-state index in [0.29, 0.717) is 18.8 Å². The van der Waals surface area contributed by atoms with Crippen LogP contribution in [0, 0.1) is 11.6 Å². The Morgan fingerprint density at radius 3 is 2.59 bits per heavy atom. The van der Waals surface area contributed by atoms with Gasteiger partial charge in [0.1, 0.15) is 5.82 Å². The first-order valence-electron chi connectivity index (χ1n) is 10.9. The number of nitrogens with zero attached hydrogens (tertiary/aromatic N) is 3. The lowest BCUT2D eigenvalue weighted by Crippen LogP contribution is -2.39. The molecule has 1 N–H and O–H groups in total. The van der Waals surface area contributed by atoms with Crippen molar-refractivity contribution in [2.75, 3.05) is 18.4 Å². The number of thiazole rings is 1. The van der Waals surface area contributed by atoms with E-state index in [2.05, 4.69) is 10.3 Å². The third kappa shape index (κ3) is 4.19. The molecule has 1 aliphatic heterocycles. The Labute approximate surface area is 198 Å². The third-order valence-corrected chi connectivity index (χ3v) is 7.07. The van der Waals surface area contributed by atoms with Gasteiger partial charge in [0.25, 0.3) is 11.5 Å². The van der Waals surface area contributed by atoms with Crippen molar-refractivity contribution in [2.45, 2.75) is 18.8 Å². The van der Waals surface area contributed by atoms with Crippen LogP contribution in [-0.2, 0) is 7.05 Å². The summed E-state index contributed by atoms with van der Waals surface area (Å²) in [6.07, 6.45) is 2.82. The van der Waals surface area contributed by atoms with E-state index in [9.17, 15) is 14.0 Å². The van der Waals surface area contributed by atoms with Crippen LogP contribution in [-0.4, -0.2) is 33.4 Å². The van der Waals surface area contributed by atoms with Crippen LogP contribution in [0.3, 0.4) is 0 Å². The lowest BCUT2D eigenvalue weighted by atomic mass is 9.89. The van der Waals surface area contributed by atoms with E-state index < -0.39 is 11.4 Å². The number of nitrogens with one attached hydrogen (secondary N) is 1. The zero-order chi connectivity index (χ0) is 23.8. The first-order valence-corrected chi connectivity index (χ1v) is 11.8. The Kier molecular flexibility index (Phi) is 5.87. The molecule has 3 heterocycles. The number of likely N-dealkylation sites (tertiary alicyclic amines) is 1. The van der Waals surface area contributed by atoms with Crippen LogP contribution in [0.4, 0.5) is 20.2 Å². The molecule has 0 spiro atoms. The van der Waals surface area contributed by atoms with Crippen molar-refractivity contribution in [3.05, 3.63) is 87.3 Å². The summed E-state index contributed by atoms with van der Waals surface area (Å²) in [7, 11) is 1.43. The Morgan fingerprint density at radius 1 is 1.12 bits per heavy atom. The first kappa shape index (κ1) is 22.2. The molecule has 0 unspecified atom stereocenters. The van der Waals surface area contributed by atoms with E-state index in [1.807, 2.05) is 6.07 Å². The van der Waals surface area contributed by atoms with Gasteiger partial charge in [-0.25, -0.2) is 9.37 Å². The van der Waals surface area contributed by atoms with E-state index in [1.54, 1.807) is 34.7 Å². The van der Waals surface area contributed by atoms with E-state index in [1.165, 1.54) is 36.7 Å². The maximum Gasteiger partial charge on any atom is 0.288 e. The molecule has 5 rings (SSSR count). The monoisotopic (exact) mass is 480 g/mol. The van der Waals surface area contributed by atoms with Gasteiger partial charge < -0.3 is 14.8 Å². The molecule has 34 heavy (non-hydrogen) atoms. The molecule has 2 aromatic carbocycles. The molecule has 6 nitrogen and oxygen atoms in total. The average Bonchev–Trinajstić information content (AvgIpc) is 3.32. The number of piperidine rings is 1. The van der Waals surface area contributed by atoms with E-state index in [0.717, 1.165) is 33.2 Å². The molecular formula is C25H22F2N4O2S. The van der Waals surface area contributed by atoms with Crippen molar-refractivity contribution in [1.82, 2.24) is 14.5 Å². The van der Waals surface area contributed by atoms with E-state index in [4.69, 9.17) is 0 Å². The smallest absolute Gasteiger partial charge is 0.288 e. The van der Waals surface area contributed by atoms with Gasteiger partial charge >= 0.3 is 0 Å². The summed E-state index contributed by atoms with van der Waals surface area (Å²) in [6.45, 7) is 0.967. The molecule has 1 saturated heterocycles. The van der Waals surface area contributed by atoms with Gasteiger partial charge in [-0.05, 0) is 54.7 Å². The van der Waals surface area contributed by atoms with Crippen molar-refractivity contribution in [1.29, 1.82) is 0 Å². The molecule has 1 fully saturated rings. The minimum absolute atomic E-state index is 0.101. The Balaban J connectivity index is 1.40. The average molecular weight is 481 g/mol. The van der Waals surface area contributed by atoms with Crippen molar-refractivity contribution < 1.29 is 13.6 Å². The molecule has 0 atom stereocenters. The number of fused-ring (bicyclic) bond motifs is 1. The maximum atomic E-state index is 15.1. The second kappa shape index (κ2) is 8.98. The normalized spacial score (nSPS) is 14.5. The predicted molar refractivity (Wildman–Crippen MR) is 129 cm³/mol. The third-order valence-electron chi connectivity index (χ3n) is 6.27. The SMILES string of the molecule is Cn1cc(C(=O)N2CCC(c3ccc(F)cc3)CC2)c(Nc2ccc3ncsc3c2)c(F)c1=O. The second-order valence-corrected chi connectivity index (χ2v) is 9.31. The Hall–Kier alpha value is -3.59. The maximum absolute atomic E-state index is 15.1. The minimum atomic E-state index is -1.00. The molecule has 1 aliphatic rings. The number of pyridine rings is 1. The highest BCUT2D eigenvalue weighted by atomic mass is 32.1. The van der Waals surface area contributed by atoms with Crippen LogP contribution in [0.2, 0.25) is 0 Å². The van der Waals surface area contributed by atoms with E-state index >= 15 is 4.39 Å². The highest BCUT2D eigenvalue weighted by Crippen LogP contribution is 2.31. The Bertz CT molecular complexity index is 1420. The van der Waals surface area contributed by atoms with Gasteiger partial charge in [0, 0.05) is 32.0 Å². The van der Waals surface area contributed by atoms with Crippen LogP contribution < -0.4 is 10.9 Å². The largest absolute Gasteiger partial charge is 0.352 e. The zero-order valence-corrected chi connectivity index (χ0v) is 19.2. The topological polar surface area (TPSA) is 67.2 Å². The van der Waals surface area contributed by atoms with Crippen molar-refractivity contribution in [2.24, 2.45) is 7.05 Å². The Morgan fingerprint density at radius 2 is 1.85 bits per heavy atom. The number of anilines is 2. The molecule has 1 amide bonds. The van der Waals surface area contributed by atoms with Gasteiger partial charge in [0.15, 0.2) is 0 Å². The van der Waals surface area contributed by atoms with Crippen LogP contribution in [0.25, 0.3) is 10.2 Å². The molecule has 174 valence electrons. The lowest BCUT2D eigenvalue weighted by Gasteiger charge is -2.32. The summed E-state index contributed by atoms with van der Waals surface area (Å²) in [6, 6.07) is 11.8. The molecule has 0 bridgehead atoms. The summed E-state index contributed by atoms with van der Waals surface area (Å²) in [4.78, 5) is 31.7. The minimum Gasteiger partial charge on any atom is -0.352 e. The molecule has 2 aromatic heterocycles. The van der Waals surface area contributed by atoms with Gasteiger partial charge in [0.05, 0.1) is 27.0 Å². The highest BCUT2D eigenvalue weighted by Gasteiger charge is 2.28. The highest BCUT2D eigenvalue weighted by molar-refractivity contribution is 7.16. The summed E-state index contributed by atoms with van der Waals surface area (Å²) in [5, 5.41) is 2.96. The first-order chi connectivity index (χ1) is 16.4. The molecule has 0 aliphatic carbocycles. The zero-order valence-electron chi connectivity index (χ0n) is 18.4. The fourth-order valence-corrected chi connectivity index (χ4v) is 5.10. The summed E-state index contributed by atoms with van der Waals surface area (Å²) < 4.78 is 30.3. The number of carbonyl (C=O) groups is 1. The molecule has 0 radical (unpaired) electrons. The predicted octanol–water partition coefficient (Wildman–Crippen LogP) is 5.04. The molecule has 9 heteroatoms. The number of aromatic nitrogens is 2. The fourth-order valence-electron chi connectivity index (χ4n) is 4.38. The van der Waals surface area contributed by atoms with Crippen molar-refractivity contribution >= 4 is 38.8 Å². The van der Waals surface area contributed by atoms with Crippen LogP contribution >= 0.6 is 11.3 Å².